The van der Waals surface area contributed by atoms with Gasteiger partial charge in [0.25, 0.3) is 5.91 Å². The summed E-state index contributed by atoms with van der Waals surface area (Å²) in [6, 6.07) is 11.1. The van der Waals surface area contributed by atoms with Crippen molar-refractivity contribution in [1.29, 1.82) is 0 Å². The minimum Gasteiger partial charge on any atom is -0.497 e. The first-order valence-electron chi connectivity index (χ1n) is 9.65. The van der Waals surface area contributed by atoms with Crippen molar-refractivity contribution in [3.8, 4) is 16.9 Å². The quantitative estimate of drug-likeness (QED) is 0.734. The first kappa shape index (κ1) is 18.9. The smallest absolute Gasteiger partial charge is 0.255 e. The molecule has 1 aliphatic heterocycles. The van der Waals surface area contributed by atoms with Crippen molar-refractivity contribution >= 4 is 11.9 Å². The number of rotatable bonds is 4. The lowest BCUT2D eigenvalue weighted by molar-refractivity contribution is 0.0606. The summed E-state index contributed by atoms with van der Waals surface area (Å²) in [6.07, 6.45) is 7.79. The molecule has 29 heavy (non-hydrogen) atoms. The zero-order valence-electron chi connectivity index (χ0n) is 16.3. The number of hydrogen-bond acceptors (Lipinski definition) is 6. The fraction of sp³-hybridized carbons (Fsp3) is 0.273. The third-order valence-corrected chi connectivity index (χ3v) is 5.21. The van der Waals surface area contributed by atoms with E-state index in [0.717, 1.165) is 41.8 Å². The van der Waals surface area contributed by atoms with Gasteiger partial charge >= 0.3 is 0 Å². The third kappa shape index (κ3) is 3.89. The lowest BCUT2D eigenvalue weighted by atomic mass is 9.93. The van der Waals surface area contributed by atoms with E-state index in [2.05, 4.69) is 15.0 Å². The number of nitrogens with zero attached hydrogens (tertiary/aromatic N) is 4. The second-order valence-corrected chi connectivity index (χ2v) is 7.01. The van der Waals surface area contributed by atoms with Gasteiger partial charge < -0.3 is 15.4 Å². The minimum atomic E-state index is -0.178. The lowest BCUT2D eigenvalue weighted by Gasteiger charge is -2.36. The predicted octanol–water partition coefficient (Wildman–Crippen LogP) is 3.50. The van der Waals surface area contributed by atoms with E-state index in [0.29, 0.717) is 12.1 Å². The van der Waals surface area contributed by atoms with Crippen molar-refractivity contribution < 1.29 is 9.53 Å². The molecule has 0 aliphatic carbocycles. The van der Waals surface area contributed by atoms with Crippen molar-refractivity contribution in [2.24, 2.45) is 0 Å². The van der Waals surface area contributed by atoms with Crippen LogP contribution in [0.2, 0.25) is 0 Å². The fourth-order valence-electron chi connectivity index (χ4n) is 3.79. The van der Waals surface area contributed by atoms with Gasteiger partial charge in [-0.2, -0.15) is 0 Å². The highest BCUT2D eigenvalue weighted by atomic mass is 16.5. The van der Waals surface area contributed by atoms with Gasteiger partial charge in [0, 0.05) is 30.7 Å². The van der Waals surface area contributed by atoms with Crippen LogP contribution in [-0.4, -0.2) is 39.4 Å². The Morgan fingerprint density at radius 2 is 2.10 bits per heavy atom. The van der Waals surface area contributed by atoms with Gasteiger partial charge in [0.1, 0.15) is 5.75 Å². The Morgan fingerprint density at radius 1 is 1.21 bits per heavy atom. The van der Waals surface area contributed by atoms with Crippen LogP contribution < -0.4 is 10.5 Å². The number of pyridine rings is 1. The second kappa shape index (κ2) is 8.26. The Balaban J connectivity index is 1.77. The highest BCUT2D eigenvalue weighted by molar-refractivity contribution is 5.94. The molecule has 1 unspecified atom stereocenters. The highest BCUT2D eigenvalue weighted by Gasteiger charge is 2.32. The van der Waals surface area contributed by atoms with E-state index >= 15 is 0 Å². The molecule has 148 valence electrons. The number of carbonyl (C=O) groups excluding carboxylic acids is 1. The number of nitrogen functional groups attached to an aromatic ring is 1. The van der Waals surface area contributed by atoms with Crippen molar-refractivity contribution in [2.45, 2.75) is 25.3 Å². The maximum Gasteiger partial charge on any atom is 0.255 e. The van der Waals surface area contributed by atoms with Gasteiger partial charge in [0.15, 0.2) is 0 Å². The molecule has 0 saturated carbocycles. The van der Waals surface area contributed by atoms with Gasteiger partial charge in [-0.25, -0.2) is 9.97 Å². The normalized spacial score (nSPS) is 16.4. The zero-order valence-corrected chi connectivity index (χ0v) is 16.3. The Labute approximate surface area is 169 Å². The van der Waals surface area contributed by atoms with Gasteiger partial charge in [-0.1, -0.05) is 12.1 Å². The SMILES string of the molecule is COc1cccc(-c2cnc(N)nc2C2CCCCN2C(=O)c2cccnc2)c1. The summed E-state index contributed by atoms with van der Waals surface area (Å²) >= 11 is 0. The van der Waals surface area contributed by atoms with Crippen molar-refractivity contribution in [1.82, 2.24) is 19.9 Å². The van der Waals surface area contributed by atoms with E-state index in [1.807, 2.05) is 29.2 Å². The van der Waals surface area contributed by atoms with Crippen LogP contribution in [0.5, 0.6) is 5.75 Å². The Bertz CT molecular complexity index is 1010. The average molecular weight is 389 g/mol. The molecule has 1 amide bonds. The van der Waals surface area contributed by atoms with Gasteiger partial charge in [0.2, 0.25) is 5.95 Å². The van der Waals surface area contributed by atoms with Crippen LogP contribution in [0, 0.1) is 0 Å². The molecular formula is C22H23N5O2. The van der Waals surface area contributed by atoms with Crippen LogP contribution >= 0.6 is 0 Å². The maximum absolute atomic E-state index is 13.2. The monoisotopic (exact) mass is 389 g/mol. The number of benzene rings is 1. The molecule has 2 aromatic heterocycles. The molecule has 0 radical (unpaired) electrons. The maximum atomic E-state index is 13.2. The highest BCUT2D eigenvalue weighted by Crippen LogP contribution is 2.37. The number of carbonyl (C=O) groups is 1. The van der Waals surface area contributed by atoms with Crippen LogP contribution in [0.25, 0.3) is 11.1 Å². The van der Waals surface area contributed by atoms with Crippen LogP contribution in [0.3, 0.4) is 0 Å². The molecule has 0 bridgehead atoms. The van der Waals surface area contributed by atoms with Crippen LogP contribution in [0.4, 0.5) is 5.95 Å². The molecule has 3 aromatic rings. The number of ether oxygens (including phenoxy) is 1. The average Bonchev–Trinajstić information content (AvgIpc) is 2.79. The predicted molar refractivity (Wildman–Crippen MR) is 110 cm³/mol. The molecule has 1 aromatic carbocycles. The topological polar surface area (TPSA) is 94.2 Å². The first-order valence-corrected chi connectivity index (χ1v) is 9.65. The van der Waals surface area contributed by atoms with E-state index in [1.54, 1.807) is 37.8 Å². The minimum absolute atomic E-state index is 0.0448. The van der Waals surface area contributed by atoms with Gasteiger partial charge in [-0.05, 0) is 49.1 Å². The summed E-state index contributed by atoms with van der Waals surface area (Å²) in [7, 11) is 1.63. The van der Waals surface area contributed by atoms with Crippen LogP contribution in [0.1, 0.15) is 41.4 Å². The molecule has 1 aliphatic rings. The first-order chi connectivity index (χ1) is 14.2. The number of nitrogens with two attached hydrogens (primary N) is 1. The molecular weight excluding hydrogens is 366 g/mol. The number of piperidine rings is 1. The van der Waals surface area contributed by atoms with Crippen LogP contribution in [0.15, 0.2) is 55.0 Å². The summed E-state index contributed by atoms with van der Waals surface area (Å²) in [5.41, 5.74) is 9.07. The Morgan fingerprint density at radius 3 is 2.90 bits per heavy atom. The summed E-state index contributed by atoms with van der Waals surface area (Å²) in [6.45, 7) is 0.667. The lowest BCUT2D eigenvalue weighted by Crippen LogP contribution is -2.39. The number of amides is 1. The number of methoxy groups -OCH3 is 1. The Kier molecular flexibility index (Phi) is 5.37. The van der Waals surface area contributed by atoms with Gasteiger partial charge in [-0.15, -0.1) is 0 Å². The van der Waals surface area contributed by atoms with Crippen molar-refractivity contribution in [3.05, 3.63) is 66.2 Å². The number of hydrogen-bond donors (Lipinski definition) is 1. The molecule has 1 fully saturated rings. The fourth-order valence-corrected chi connectivity index (χ4v) is 3.79. The van der Waals surface area contributed by atoms with Crippen molar-refractivity contribution in [3.63, 3.8) is 0 Å². The van der Waals surface area contributed by atoms with E-state index in [9.17, 15) is 4.79 Å². The van der Waals surface area contributed by atoms with Gasteiger partial charge in [0.05, 0.1) is 24.4 Å². The van der Waals surface area contributed by atoms with Crippen molar-refractivity contribution in [2.75, 3.05) is 19.4 Å². The van der Waals surface area contributed by atoms with E-state index in [4.69, 9.17) is 10.5 Å². The summed E-state index contributed by atoms with van der Waals surface area (Å²) in [5.74, 6) is 0.903. The van der Waals surface area contributed by atoms with E-state index in [-0.39, 0.29) is 17.9 Å². The molecule has 2 N–H and O–H groups in total. The van der Waals surface area contributed by atoms with Gasteiger partial charge in [-0.3, -0.25) is 9.78 Å². The number of aromatic nitrogens is 3. The largest absolute Gasteiger partial charge is 0.497 e. The summed E-state index contributed by atoms with van der Waals surface area (Å²) in [4.78, 5) is 28.0. The molecule has 4 rings (SSSR count). The standard InChI is InChI=1S/C22H23N5O2/c1-29-17-8-4-6-15(12-17)18-14-25-22(23)26-20(18)19-9-2-3-11-27(19)21(28)16-7-5-10-24-13-16/h4-8,10,12-14,19H,2-3,9,11H2,1H3,(H2,23,25,26). The molecule has 7 nitrogen and oxygen atoms in total. The molecule has 7 heteroatoms. The summed E-state index contributed by atoms with van der Waals surface area (Å²) in [5, 5.41) is 0. The molecule has 1 saturated heterocycles. The summed E-state index contributed by atoms with van der Waals surface area (Å²) < 4.78 is 5.37. The Hall–Kier alpha value is -3.48. The number of anilines is 1. The second-order valence-electron chi connectivity index (χ2n) is 7.01. The van der Waals surface area contributed by atoms with E-state index in [1.165, 1.54) is 0 Å². The van der Waals surface area contributed by atoms with Crippen LogP contribution in [-0.2, 0) is 0 Å². The zero-order chi connectivity index (χ0) is 20.2. The molecule has 3 heterocycles. The molecule has 0 spiro atoms. The third-order valence-electron chi connectivity index (χ3n) is 5.21. The number of likely N-dealkylation sites (tertiary alicyclic amines) is 1. The molecule has 1 atom stereocenters. The van der Waals surface area contributed by atoms with E-state index < -0.39 is 0 Å².